The van der Waals surface area contributed by atoms with Gasteiger partial charge in [-0.2, -0.15) is 4.98 Å². The number of nitrogens with zero attached hydrogens (tertiary/aromatic N) is 1. The molecule has 58 valence electrons. The van der Waals surface area contributed by atoms with Crippen LogP contribution in [0.3, 0.4) is 0 Å². The monoisotopic (exact) mass is 180 g/mol. The number of rotatable bonds is 1. The molecule has 0 amide bonds. The van der Waals surface area contributed by atoms with E-state index in [1.54, 1.807) is 4.98 Å². The Morgan fingerprint density at radius 3 is 2.33 bits per heavy atom. The first kappa shape index (κ1) is 11.1. The standard InChI is InChI=1S/C4H3N3O4.Na/c8-2(9)1-5-3(10)7-4(11)6-1;/h(H,8,9)(H2,5,6,7,10,11);/q;+1. The summed E-state index contributed by atoms with van der Waals surface area (Å²) in [5.74, 6) is -2.12. The first-order chi connectivity index (χ1) is 5.09. The Labute approximate surface area is 87.1 Å². The van der Waals surface area contributed by atoms with Gasteiger partial charge in [-0.25, -0.2) is 14.4 Å². The van der Waals surface area contributed by atoms with Gasteiger partial charge in [0.1, 0.15) is 0 Å². The third-order valence-corrected chi connectivity index (χ3v) is 0.868. The van der Waals surface area contributed by atoms with E-state index in [9.17, 15) is 14.4 Å². The summed E-state index contributed by atoms with van der Waals surface area (Å²) in [5.41, 5.74) is -1.87. The van der Waals surface area contributed by atoms with Crippen molar-refractivity contribution >= 4 is 5.97 Å². The van der Waals surface area contributed by atoms with Crippen LogP contribution < -0.4 is 40.9 Å². The van der Waals surface area contributed by atoms with E-state index >= 15 is 0 Å². The number of nitrogens with one attached hydrogen (secondary N) is 2. The Morgan fingerprint density at radius 2 is 1.92 bits per heavy atom. The van der Waals surface area contributed by atoms with Crippen molar-refractivity contribution in [3.8, 4) is 0 Å². The van der Waals surface area contributed by atoms with Gasteiger partial charge in [-0.1, -0.05) is 0 Å². The summed E-state index contributed by atoms with van der Waals surface area (Å²) in [5, 5.41) is 8.25. The van der Waals surface area contributed by atoms with Gasteiger partial charge >= 0.3 is 46.9 Å². The maximum absolute atomic E-state index is 10.4. The Morgan fingerprint density at radius 1 is 1.33 bits per heavy atom. The molecule has 8 heteroatoms. The average Bonchev–Trinajstić information content (AvgIpc) is 1.85. The second-order valence-electron chi connectivity index (χ2n) is 1.65. The first-order valence-corrected chi connectivity index (χ1v) is 2.53. The molecule has 1 aromatic rings. The number of aromatic carboxylic acids is 1. The zero-order valence-corrected chi connectivity index (χ0v) is 8.12. The zero-order valence-electron chi connectivity index (χ0n) is 6.12. The van der Waals surface area contributed by atoms with Crippen molar-refractivity contribution < 1.29 is 39.5 Å². The second kappa shape index (κ2) is 4.19. The topological polar surface area (TPSA) is 116 Å². The molecule has 0 aromatic carbocycles. The van der Waals surface area contributed by atoms with Crippen molar-refractivity contribution in [1.82, 2.24) is 15.0 Å². The minimum atomic E-state index is -1.45. The van der Waals surface area contributed by atoms with Gasteiger partial charge in [0.15, 0.2) is 0 Å². The van der Waals surface area contributed by atoms with Gasteiger partial charge in [0.25, 0.3) is 0 Å². The molecule has 1 heterocycles. The van der Waals surface area contributed by atoms with E-state index in [0.717, 1.165) is 0 Å². The molecule has 0 atom stereocenters. The summed E-state index contributed by atoms with van der Waals surface area (Å²) in [6, 6.07) is 0. The van der Waals surface area contributed by atoms with Gasteiger partial charge in [-0.15, -0.1) is 0 Å². The van der Waals surface area contributed by atoms with Gasteiger partial charge in [-0.05, 0) is 0 Å². The van der Waals surface area contributed by atoms with Gasteiger partial charge < -0.3 is 5.11 Å². The maximum atomic E-state index is 10.4. The second-order valence-corrected chi connectivity index (χ2v) is 1.65. The number of H-pyrrole nitrogens is 2. The Kier molecular flexibility index (Phi) is 3.87. The molecule has 0 aliphatic carbocycles. The van der Waals surface area contributed by atoms with Crippen LogP contribution >= 0.6 is 0 Å². The number of carboxylic acid groups (broad SMARTS) is 1. The minimum Gasteiger partial charge on any atom is -0.475 e. The maximum Gasteiger partial charge on any atom is 1.00 e. The average molecular weight is 180 g/mol. The van der Waals surface area contributed by atoms with Gasteiger partial charge in [0, 0.05) is 0 Å². The molecular weight excluding hydrogens is 177 g/mol. The number of aromatic amines is 2. The molecule has 0 bridgehead atoms. The molecule has 0 saturated heterocycles. The van der Waals surface area contributed by atoms with Crippen LogP contribution in [0, 0.1) is 0 Å². The SMILES string of the molecule is O=C(O)c1nc(=O)[nH]c(=O)[nH]1.[Na+]. The van der Waals surface area contributed by atoms with Crippen molar-refractivity contribution in [2.24, 2.45) is 0 Å². The smallest absolute Gasteiger partial charge is 0.475 e. The molecule has 12 heavy (non-hydrogen) atoms. The summed E-state index contributed by atoms with van der Waals surface area (Å²) < 4.78 is 0. The number of carbonyl (C=O) groups is 1. The Hall–Kier alpha value is -0.920. The zero-order chi connectivity index (χ0) is 8.43. The molecule has 0 unspecified atom stereocenters. The van der Waals surface area contributed by atoms with Crippen LogP contribution in [0.4, 0.5) is 0 Å². The van der Waals surface area contributed by atoms with Crippen LogP contribution in [0.2, 0.25) is 0 Å². The van der Waals surface area contributed by atoms with Crippen LogP contribution in [-0.2, 0) is 0 Å². The predicted molar refractivity (Wildman–Crippen MR) is 32.4 cm³/mol. The van der Waals surface area contributed by atoms with E-state index < -0.39 is 23.2 Å². The van der Waals surface area contributed by atoms with E-state index in [1.165, 1.54) is 0 Å². The molecule has 0 saturated carbocycles. The summed E-state index contributed by atoms with van der Waals surface area (Å²) >= 11 is 0. The predicted octanol–water partition coefficient (Wildman–Crippen LogP) is -4.84. The summed E-state index contributed by atoms with van der Waals surface area (Å²) in [6.07, 6.45) is 0. The van der Waals surface area contributed by atoms with E-state index in [0.29, 0.717) is 0 Å². The molecule has 3 N–H and O–H groups in total. The molecule has 0 fully saturated rings. The van der Waals surface area contributed by atoms with Crippen LogP contribution in [0.15, 0.2) is 9.59 Å². The van der Waals surface area contributed by atoms with E-state index in [1.807, 2.05) is 4.98 Å². The third kappa shape index (κ3) is 2.61. The summed E-state index contributed by atoms with van der Waals surface area (Å²) in [7, 11) is 0. The van der Waals surface area contributed by atoms with Gasteiger partial charge in [0.2, 0.25) is 5.82 Å². The third-order valence-electron chi connectivity index (χ3n) is 0.868. The van der Waals surface area contributed by atoms with Crippen LogP contribution in [0.1, 0.15) is 10.6 Å². The first-order valence-electron chi connectivity index (χ1n) is 2.53. The molecule has 7 nitrogen and oxygen atoms in total. The fourth-order valence-electron chi connectivity index (χ4n) is 0.495. The van der Waals surface area contributed by atoms with Crippen molar-refractivity contribution in [1.29, 1.82) is 0 Å². The molecule has 0 aliphatic rings. The quantitative estimate of drug-likeness (QED) is 0.375. The molecule has 0 radical (unpaired) electrons. The largest absolute Gasteiger partial charge is 1.00 e. The molecule has 1 rings (SSSR count). The van der Waals surface area contributed by atoms with Gasteiger partial charge in [0.05, 0.1) is 0 Å². The Balaban J connectivity index is 0.00000121. The van der Waals surface area contributed by atoms with Crippen molar-refractivity contribution in [2.75, 3.05) is 0 Å². The molecular formula is C4H3N3NaO4+. The summed E-state index contributed by atoms with van der Waals surface area (Å²) in [4.78, 5) is 37.4. The number of carboxylic acids is 1. The fourth-order valence-corrected chi connectivity index (χ4v) is 0.495. The number of hydrogen-bond acceptors (Lipinski definition) is 4. The molecule has 1 aromatic heterocycles. The molecule has 0 aliphatic heterocycles. The van der Waals surface area contributed by atoms with Crippen molar-refractivity contribution in [2.45, 2.75) is 0 Å². The van der Waals surface area contributed by atoms with Crippen LogP contribution in [-0.4, -0.2) is 26.0 Å². The Bertz CT molecular complexity index is 366. The van der Waals surface area contributed by atoms with Crippen molar-refractivity contribution in [3.05, 3.63) is 26.8 Å². The van der Waals surface area contributed by atoms with Gasteiger partial charge in [-0.3, -0.25) is 9.97 Å². The van der Waals surface area contributed by atoms with E-state index in [4.69, 9.17) is 5.11 Å². The van der Waals surface area contributed by atoms with E-state index in [2.05, 4.69) is 4.98 Å². The fraction of sp³-hybridized carbons (Fsp3) is 0. The normalized spacial score (nSPS) is 8.67. The summed E-state index contributed by atoms with van der Waals surface area (Å²) in [6.45, 7) is 0. The number of aromatic nitrogens is 3. The van der Waals surface area contributed by atoms with E-state index in [-0.39, 0.29) is 29.6 Å². The number of hydrogen-bond donors (Lipinski definition) is 3. The van der Waals surface area contributed by atoms with Crippen LogP contribution in [0.5, 0.6) is 0 Å². The van der Waals surface area contributed by atoms with Crippen LogP contribution in [0.25, 0.3) is 0 Å². The van der Waals surface area contributed by atoms with Crippen molar-refractivity contribution in [3.63, 3.8) is 0 Å². The minimum absolute atomic E-state index is 0. The molecule has 0 spiro atoms.